The summed E-state index contributed by atoms with van der Waals surface area (Å²) >= 11 is 1.08. The van der Waals surface area contributed by atoms with Gasteiger partial charge in [-0.05, 0) is 18.4 Å². The second kappa shape index (κ2) is 5.73. The van der Waals surface area contributed by atoms with Crippen LogP contribution in [0.5, 0.6) is 0 Å². The molecule has 21 heavy (non-hydrogen) atoms. The van der Waals surface area contributed by atoms with E-state index in [1.807, 2.05) is 0 Å². The first-order chi connectivity index (χ1) is 10.0. The Hall–Kier alpha value is -2.71. The maximum absolute atomic E-state index is 14.0. The van der Waals surface area contributed by atoms with Crippen molar-refractivity contribution < 1.29 is 8.78 Å². The van der Waals surface area contributed by atoms with Crippen LogP contribution in [0.3, 0.4) is 0 Å². The number of H-pyrrole nitrogens is 1. The van der Waals surface area contributed by atoms with Gasteiger partial charge in [-0.25, -0.2) is 13.8 Å². The Morgan fingerprint density at radius 1 is 1.24 bits per heavy atom. The standard InChI is InChI=1S/C13H6F2N4OS/c1-21-13-18-11(8(5-17)12(20)19-13)7-3-9(14)6(4-16)2-10(7)15/h2-3H,1H3,(H,18,19,20). The molecule has 2 rings (SSSR count). The first-order valence-corrected chi connectivity index (χ1v) is 6.72. The van der Waals surface area contributed by atoms with Gasteiger partial charge >= 0.3 is 0 Å². The van der Waals surface area contributed by atoms with Crippen molar-refractivity contribution in [3.8, 4) is 23.4 Å². The summed E-state index contributed by atoms with van der Waals surface area (Å²) in [6.07, 6.45) is 1.63. The molecular weight excluding hydrogens is 298 g/mol. The van der Waals surface area contributed by atoms with Crippen molar-refractivity contribution >= 4 is 11.8 Å². The average Bonchev–Trinajstić information content (AvgIpc) is 2.48. The lowest BCUT2D eigenvalue weighted by Crippen LogP contribution is -2.15. The van der Waals surface area contributed by atoms with E-state index in [0.29, 0.717) is 6.07 Å². The van der Waals surface area contributed by atoms with E-state index in [2.05, 4.69) is 9.97 Å². The van der Waals surface area contributed by atoms with E-state index < -0.39 is 28.3 Å². The largest absolute Gasteiger partial charge is 0.300 e. The van der Waals surface area contributed by atoms with Crippen LogP contribution in [0.15, 0.2) is 22.1 Å². The van der Waals surface area contributed by atoms with Crippen LogP contribution in [0, 0.1) is 34.3 Å². The lowest BCUT2D eigenvalue weighted by molar-refractivity contribution is 0.599. The Kier molecular flexibility index (Phi) is 4.01. The fourth-order valence-corrected chi connectivity index (χ4v) is 2.04. The molecule has 2 aromatic rings. The topological polar surface area (TPSA) is 93.3 Å². The van der Waals surface area contributed by atoms with Gasteiger partial charge in [0.15, 0.2) is 5.16 Å². The fourth-order valence-electron chi connectivity index (χ4n) is 1.66. The van der Waals surface area contributed by atoms with Crippen molar-refractivity contribution in [2.45, 2.75) is 5.16 Å². The van der Waals surface area contributed by atoms with Crippen LogP contribution in [0.4, 0.5) is 8.78 Å². The molecule has 0 aliphatic heterocycles. The van der Waals surface area contributed by atoms with Crippen LogP contribution >= 0.6 is 11.8 Å². The Labute approximate surface area is 121 Å². The highest BCUT2D eigenvalue weighted by atomic mass is 32.2. The van der Waals surface area contributed by atoms with Crippen molar-refractivity contribution in [1.29, 1.82) is 10.5 Å². The maximum atomic E-state index is 14.0. The number of hydrogen-bond acceptors (Lipinski definition) is 5. The molecule has 0 aliphatic carbocycles. The van der Waals surface area contributed by atoms with Gasteiger partial charge in [0.05, 0.1) is 11.3 Å². The Balaban J connectivity index is 2.82. The SMILES string of the molecule is CSc1nc(-c2cc(F)c(C#N)cc2F)c(C#N)c(=O)[nH]1. The number of nitrogens with zero attached hydrogens (tertiary/aromatic N) is 3. The molecule has 0 atom stereocenters. The number of nitrogens with one attached hydrogen (secondary N) is 1. The highest BCUT2D eigenvalue weighted by molar-refractivity contribution is 7.98. The van der Waals surface area contributed by atoms with Gasteiger partial charge in [0.2, 0.25) is 0 Å². The molecule has 0 saturated carbocycles. The molecule has 0 unspecified atom stereocenters. The highest BCUT2D eigenvalue weighted by Crippen LogP contribution is 2.26. The third kappa shape index (κ3) is 2.62. The lowest BCUT2D eigenvalue weighted by Gasteiger charge is -2.07. The summed E-state index contributed by atoms with van der Waals surface area (Å²) in [6, 6.07) is 4.58. The zero-order chi connectivity index (χ0) is 15.6. The quantitative estimate of drug-likeness (QED) is 0.678. The number of aromatic amines is 1. The summed E-state index contributed by atoms with van der Waals surface area (Å²) in [5, 5.41) is 17.8. The molecule has 0 saturated heterocycles. The van der Waals surface area contributed by atoms with Gasteiger partial charge in [-0.2, -0.15) is 10.5 Å². The lowest BCUT2D eigenvalue weighted by atomic mass is 10.0. The van der Waals surface area contributed by atoms with Gasteiger partial charge in [-0.1, -0.05) is 11.8 Å². The molecule has 0 amide bonds. The van der Waals surface area contributed by atoms with Crippen molar-refractivity contribution in [3.05, 3.63) is 45.2 Å². The molecular formula is C13H6F2N4OS. The summed E-state index contributed by atoms with van der Waals surface area (Å²) in [6.45, 7) is 0. The molecule has 1 N–H and O–H groups in total. The number of hydrogen-bond donors (Lipinski definition) is 1. The van der Waals surface area contributed by atoms with Crippen molar-refractivity contribution in [2.24, 2.45) is 0 Å². The van der Waals surface area contributed by atoms with Crippen LogP contribution in [0.1, 0.15) is 11.1 Å². The zero-order valence-corrected chi connectivity index (χ0v) is 11.4. The number of thioether (sulfide) groups is 1. The summed E-state index contributed by atoms with van der Waals surface area (Å²) in [7, 11) is 0. The van der Waals surface area contributed by atoms with E-state index in [1.54, 1.807) is 12.3 Å². The molecule has 5 nitrogen and oxygen atoms in total. The van der Waals surface area contributed by atoms with Crippen LogP contribution in [0.2, 0.25) is 0 Å². The summed E-state index contributed by atoms with van der Waals surface area (Å²) < 4.78 is 27.6. The van der Waals surface area contributed by atoms with E-state index >= 15 is 0 Å². The monoisotopic (exact) mass is 304 g/mol. The number of halogens is 2. The first-order valence-electron chi connectivity index (χ1n) is 5.49. The summed E-state index contributed by atoms with van der Waals surface area (Å²) in [5.41, 5.74) is -2.23. The first kappa shape index (κ1) is 14.7. The van der Waals surface area contributed by atoms with Gasteiger partial charge < -0.3 is 4.98 Å². The molecule has 0 bridgehead atoms. The molecule has 1 heterocycles. The van der Waals surface area contributed by atoms with Gasteiger partial charge in [-0.15, -0.1) is 0 Å². The predicted molar refractivity (Wildman–Crippen MR) is 71.4 cm³/mol. The molecule has 1 aromatic carbocycles. The van der Waals surface area contributed by atoms with Gasteiger partial charge in [-0.3, -0.25) is 4.79 Å². The maximum Gasteiger partial charge on any atom is 0.270 e. The van der Waals surface area contributed by atoms with Gasteiger partial charge in [0.25, 0.3) is 5.56 Å². The normalized spacial score (nSPS) is 9.95. The highest BCUT2D eigenvalue weighted by Gasteiger charge is 2.19. The predicted octanol–water partition coefficient (Wildman–Crippen LogP) is 2.18. The molecule has 0 aliphatic rings. The Bertz CT molecular complexity index is 864. The van der Waals surface area contributed by atoms with E-state index in [4.69, 9.17) is 10.5 Å². The molecule has 1 aromatic heterocycles. The number of rotatable bonds is 2. The van der Waals surface area contributed by atoms with E-state index in [1.165, 1.54) is 6.07 Å². The minimum atomic E-state index is -0.953. The smallest absolute Gasteiger partial charge is 0.270 e. The fraction of sp³-hybridized carbons (Fsp3) is 0.0769. The summed E-state index contributed by atoms with van der Waals surface area (Å²) in [4.78, 5) is 18.0. The van der Waals surface area contributed by atoms with Crippen LogP contribution in [-0.2, 0) is 0 Å². The molecule has 0 radical (unpaired) electrons. The average molecular weight is 304 g/mol. The molecule has 8 heteroatoms. The van der Waals surface area contributed by atoms with Crippen molar-refractivity contribution in [2.75, 3.05) is 6.26 Å². The van der Waals surface area contributed by atoms with Gasteiger partial charge in [0, 0.05) is 5.56 Å². The number of benzene rings is 1. The van der Waals surface area contributed by atoms with Crippen molar-refractivity contribution in [3.63, 3.8) is 0 Å². The third-order valence-electron chi connectivity index (χ3n) is 2.64. The van der Waals surface area contributed by atoms with Crippen LogP contribution < -0.4 is 5.56 Å². The molecule has 104 valence electrons. The number of nitriles is 2. The van der Waals surface area contributed by atoms with E-state index in [9.17, 15) is 13.6 Å². The molecule has 0 fully saturated rings. The van der Waals surface area contributed by atoms with E-state index in [0.717, 1.165) is 17.8 Å². The van der Waals surface area contributed by atoms with Gasteiger partial charge in [0.1, 0.15) is 29.3 Å². The number of aromatic nitrogens is 2. The zero-order valence-electron chi connectivity index (χ0n) is 10.6. The van der Waals surface area contributed by atoms with Crippen LogP contribution in [0.25, 0.3) is 11.3 Å². The second-order valence-corrected chi connectivity index (χ2v) is 4.63. The van der Waals surface area contributed by atoms with Crippen molar-refractivity contribution in [1.82, 2.24) is 9.97 Å². The second-order valence-electron chi connectivity index (χ2n) is 3.83. The van der Waals surface area contributed by atoms with Crippen LogP contribution in [-0.4, -0.2) is 16.2 Å². The minimum Gasteiger partial charge on any atom is -0.300 e. The summed E-state index contributed by atoms with van der Waals surface area (Å²) in [5.74, 6) is -1.89. The third-order valence-corrected chi connectivity index (χ3v) is 3.22. The van der Waals surface area contributed by atoms with E-state index in [-0.39, 0.29) is 16.4 Å². The Morgan fingerprint density at radius 2 is 1.95 bits per heavy atom. The Morgan fingerprint density at radius 3 is 2.52 bits per heavy atom. The molecule has 0 spiro atoms. The minimum absolute atomic E-state index is 0.165.